The van der Waals surface area contributed by atoms with Crippen molar-refractivity contribution >= 4 is 31.6 Å². The van der Waals surface area contributed by atoms with Gasteiger partial charge in [-0.2, -0.15) is 0 Å². The predicted molar refractivity (Wildman–Crippen MR) is 134 cm³/mol. The van der Waals surface area contributed by atoms with E-state index < -0.39 is 14.3 Å². The molecule has 0 amide bonds. The fraction of sp³-hybridized carbons (Fsp3) is 0.720. The molecule has 7 nitrogen and oxygen atoms in total. The molecule has 2 aliphatic rings. The average Bonchev–Trinajstić information content (AvgIpc) is 3.35. The third-order valence-corrected chi connectivity index (χ3v) is 12.7. The van der Waals surface area contributed by atoms with E-state index in [9.17, 15) is 9.59 Å². The van der Waals surface area contributed by atoms with E-state index in [1.165, 1.54) is 18.3 Å². The highest BCUT2D eigenvalue weighted by atomic mass is 32.1. The van der Waals surface area contributed by atoms with Crippen LogP contribution < -0.4 is 0 Å². The number of rotatable bonds is 8. The number of ether oxygens (including phenoxy) is 3. The molecule has 0 N–H and O–H groups in total. The van der Waals surface area contributed by atoms with Crippen LogP contribution in [-0.4, -0.2) is 50.7 Å². The second kappa shape index (κ2) is 11.0. The summed E-state index contributed by atoms with van der Waals surface area (Å²) in [4.78, 5) is 28.2. The SMILES string of the molecule is CCOC(=O)c1csc([C@H]2CC[C@@H]3[C@@H](/C=C/CO[Si](C)(C)C(C)(C)C)[C@H](OC(C)=O)C[C@@H]3O2)n1. The van der Waals surface area contributed by atoms with E-state index in [0.717, 1.165) is 17.8 Å². The summed E-state index contributed by atoms with van der Waals surface area (Å²) in [6.07, 6.45) is 6.29. The lowest BCUT2D eigenvalue weighted by Crippen LogP contribution is -2.40. The second-order valence-electron chi connectivity index (χ2n) is 10.7. The van der Waals surface area contributed by atoms with Gasteiger partial charge in [-0.1, -0.05) is 32.9 Å². The molecule has 3 rings (SSSR count). The molecule has 0 spiro atoms. The van der Waals surface area contributed by atoms with Crippen LogP contribution >= 0.6 is 11.3 Å². The Bertz CT molecular complexity index is 892. The van der Waals surface area contributed by atoms with Gasteiger partial charge < -0.3 is 18.6 Å². The number of hydrogen-bond acceptors (Lipinski definition) is 8. The summed E-state index contributed by atoms with van der Waals surface area (Å²) < 4.78 is 23.5. The first-order chi connectivity index (χ1) is 15.9. The van der Waals surface area contributed by atoms with Crippen molar-refractivity contribution in [2.24, 2.45) is 11.8 Å². The largest absolute Gasteiger partial charge is 0.462 e. The molecule has 1 aromatic rings. The lowest BCUT2D eigenvalue weighted by atomic mass is 9.86. The molecule has 0 bridgehead atoms. The third-order valence-electron chi connectivity index (χ3n) is 7.27. The standard InChI is InChI=1S/C25H39NO6SSi/c1-8-29-24(28)19-15-33-23(26-19)20-12-11-18-17(21(31-16(2)27)14-22(18)32-20)10-9-13-30-34(6,7)25(3,4)5/h9-10,15,17-18,20-22H,8,11-14H2,1-7H3/b10-9+/t17-,18-,20-,21-,22+/m1/s1. The number of esters is 2. The topological polar surface area (TPSA) is 84.0 Å². The van der Waals surface area contributed by atoms with Crippen molar-refractivity contribution in [1.82, 2.24) is 4.98 Å². The summed E-state index contributed by atoms with van der Waals surface area (Å²) in [5.41, 5.74) is 0.333. The van der Waals surface area contributed by atoms with Crippen LogP contribution in [0.25, 0.3) is 0 Å². The Morgan fingerprint density at radius 2 is 2.03 bits per heavy atom. The fourth-order valence-electron chi connectivity index (χ4n) is 4.45. The van der Waals surface area contributed by atoms with Crippen molar-refractivity contribution in [1.29, 1.82) is 0 Å². The maximum atomic E-state index is 12.0. The summed E-state index contributed by atoms with van der Waals surface area (Å²) in [6.45, 7) is 15.3. The highest BCUT2D eigenvalue weighted by molar-refractivity contribution is 7.09. The Balaban J connectivity index is 1.66. The van der Waals surface area contributed by atoms with Gasteiger partial charge in [0.2, 0.25) is 0 Å². The quantitative estimate of drug-likeness (QED) is 0.253. The maximum Gasteiger partial charge on any atom is 0.357 e. The van der Waals surface area contributed by atoms with Crippen molar-refractivity contribution in [3.63, 3.8) is 0 Å². The number of carbonyl (C=O) groups excluding carboxylic acids is 2. The van der Waals surface area contributed by atoms with Gasteiger partial charge in [0.15, 0.2) is 14.0 Å². The van der Waals surface area contributed by atoms with Crippen molar-refractivity contribution in [2.75, 3.05) is 13.2 Å². The number of carbonyl (C=O) groups is 2. The first-order valence-corrected chi connectivity index (χ1v) is 16.0. The Hall–Kier alpha value is -1.55. The lowest BCUT2D eigenvalue weighted by molar-refractivity contribution is -0.147. The van der Waals surface area contributed by atoms with E-state index in [0.29, 0.717) is 25.3 Å². The molecule has 1 aliphatic carbocycles. The van der Waals surface area contributed by atoms with Gasteiger partial charge in [-0.05, 0) is 43.8 Å². The van der Waals surface area contributed by atoms with E-state index in [1.54, 1.807) is 12.3 Å². The molecule has 2 fully saturated rings. The van der Waals surface area contributed by atoms with Crippen LogP contribution in [0.4, 0.5) is 0 Å². The Labute approximate surface area is 208 Å². The summed E-state index contributed by atoms with van der Waals surface area (Å²) >= 11 is 1.43. The number of hydrogen-bond donors (Lipinski definition) is 0. The molecule has 190 valence electrons. The minimum Gasteiger partial charge on any atom is -0.462 e. The molecule has 9 heteroatoms. The normalized spacial score (nSPS) is 27.6. The number of aromatic nitrogens is 1. The molecule has 0 aromatic carbocycles. The first kappa shape index (κ1) is 27.0. The van der Waals surface area contributed by atoms with E-state index in [2.05, 4.69) is 51.0 Å². The maximum absolute atomic E-state index is 12.0. The zero-order valence-corrected chi connectivity index (χ0v) is 23.3. The summed E-state index contributed by atoms with van der Waals surface area (Å²) in [6, 6.07) is 0. The van der Waals surface area contributed by atoms with Gasteiger partial charge >= 0.3 is 11.9 Å². The molecule has 5 atom stereocenters. The van der Waals surface area contributed by atoms with Gasteiger partial charge in [-0.15, -0.1) is 11.3 Å². The monoisotopic (exact) mass is 509 g/mol. The van der Waals surface area contributed by atoms with Crippen LogP contribution in [0.5, 0.6) is 0 Å². The fourth-order valence-corrected chi connectivity index (χ4v) is 6.25. The third kappa shape index (κ3) is 6.36. The zero-order chi connectivity index (χ0) is 25.1. The Kier molecular flexibility index (Phi) is 8.76. The number of nitrogens with zero attached hydrogens (tertiary/aromatic N) is 1. The van der Waals surface area contributed by atoms with Crippen LogP contribution in [0.15, 0.2) is 17.5 Å². The molecular weight excluding hydrogens is 470 g/mol. The van der Waals surface area contributed by atoms with Gasteiger partial charge in [0, 0.05) is 24.6 Å². The van der Waals surface area contributed by atoms with Crippen molar-refractivity contribution in [2.45, 2.75) is 90.3 Å². The molecule has 0 unspecified atom stereocenters. The zero-order valence-electron chi connectivity index (χ0n) is 21.5. The summed E-state index contributed by atoms with van der Waals surface area (Å²) in [5.74, 6) is -0.298. The van der Waals surface area contributed by atoms with Gasteiger partial charge in [0.05, 0.1) is 19.3 Å². The summed E-state index contributed by atoms with van der Waals surface area (Å²) in [5, 5.41) is 2.69. The van der Waals surface area contributed by atoms with Gasteiger partial charge in [-0.25, -0.2) is 9.78 Å². The highest BCUT2D eigenvalue weighted by Gasteiger charge is 2.48. The molecule has 2 heterocycles. The predicted octanol–water partition coefficient (Wildman–Crippen LogP) is 5.69. The molecular formula is C25H39NO6SSi. The minimum absolute atomic E-state index is 0.0194. The van der Waals surface area contributed by atoms with Crippen molar-refractivity contribution in [3.05, 3.63) is 28.2 Å². The average molecular weight is 510 g/mol. The van der Waals surface area contributed by atoms with Crippen molar-refractivity contribution in [3.8, 4) is 0 Å². The Morgan fingerprint density at radius 3 is 2.68 bits per heavy atom. The molecule has 0 radical (unpaired) electrons. The van der Waals surface area contributed by atoms with Gasteiger partial charge in [-0.3, -0.25) is 4.79 Å². The molecule has 1 saturated carbocycles. The number of fused-ring (bicyclic) bond motifs is 1. The van der Waals surface area contributed by atoms with Gasteiger partial charge in [0.1, 0.15) is 17.2 Å². The van der Waals surface area contributed by atoms with E-state index in [4.69, 9.17) is 18.6 Å². The minimum atomic E-state index is -1.82. The van der Waals surface area contributed by atoms with E-state index in [1.807, 2.05) is 0 Å². The highest BCUT2D eigenvalue weighted by Crippen LogP contribution is 2.47. The molecule has 1 saturated heterocycles. The van der Waals surface area contributed by atoms with Crippen LogP contribution in [0.2, 0.25) is 18.1 Å². The van der Waals surface area contributed by atoms with Crippen LogP contribution in [0.3, 0.4) is 0 Å². The van der Waals surface area contributed by atoms with Gasteiger partial charge in [0.25, 0.3) is 0 Å². The number of thiazole rings is 1. The van der Waals surface area contributed by atoms with E-state index in [-0.39, 0.29) is 41.2 Å². The molecule has 34 heavy (non-hydrogen) atoms. The van der Waals surface area contributed by atoms with Crippen LogP contribution in [-0.2, 0) is 23.4 Å². The smallest absolute Gasteiger partial charge is 0.357 e. The van der Waals surface area contributed by atoms with Crippen LogP contribution in [0.1, 0.15) is 75.5 Å². The molecule has 1 aromatic heterocycles. The molecule has 1 aliphatic heterocycles. The Morgan fingerprint density at radius 1 is 1.29 bits per heavy atom. The lowest BCUT2D eigenvalue weighted by Gasteiger charge is -2.36. The first-order valence-electron chi connectivity index (χ1n) is 12.2. The van der Waals surface area contributed by atoms with E-state index >= 15 is 0 Å². The van der Waals surface area contributed by atoms with Crippen molar-refractivity contribution < 1.29 is 28.2 Å². The summed E-state index contributed by atoms with van der Waals surface area (Å²) in [7, 11) is -1.82. The second-order valence-corrected chi connectivity index (χ2v) is 16.4. The van der Waals surface area contributed by atoms with Crippen LogP contribution in [0, 0.1) is 11.8 Å².